The Kier molecular flexibility index (Phi) is 7.93. The Balaban J connectivity index is 0.000000874. The molecule has 24 heavy (non-hydrogen) atoms. The van der Waals surface area contributed by atoms with Crippen molar-refractivity contribution in [2.75, 3.05) is 0 Å². The molecule has 1 N–H and O–H groups in total. The molecule has 0 unspecified atom stereocenters. The zero-order valence-corrected chi connectivity index (χ0v) is 18.5. The zero-order chi connectivity index (χ0) is 17.3. The zero-order valence-electron chi connectivity index (χ0n) is 16.3. The summed E-state index contributed by atoms with van der Waals surface area (Å²) in [6.45, 7) is 9.29. The average Bonchev–Trinajstić information content (AvgIpc) is 3.17. The third-order valence-corrected chi connectivity index (χ3v) is 4.10. The number of carboxylic acids is 1. The minimum Gasteiger partial charge on any atom is -1.00 e. The molecule has 0 aromatic carbocycles. The largest absolute Gasteiger partial charge is 1.00 e. The van der Waals surface area contributed by atoms with Crippen LogP contribution in [-0.2, 0) is 14.1 Å². The van der Waals surface area contributed by atoms with E-state index in [1.54, 1.807) is 6.20 Å². The van der Waals surface area contributed by atoms with Gasteiger partial charge in [-0.3, -0.25) is 4.79 Å². The van der Waals surface area contributed by atoms with Crippen molar-refractivity contribution >= 4 is 18.6 Å². The van der Waals surface area contributed by atoms with Gasteiger partial charge in [-0.15, -0.1) is 0 Å². The maximum Gasteiger partial charge on any atom is 1.00 e. The molecule has 0 bridgehead atoms. The van der Waals surface area contributed by atoms with E-state index in [1.165, 1.54) is 0 Å². The molecular weight excluding hydrogens is 336 g/mol. The molecule has 1 saturated heterocycles. The Morgan fingerprint density at radius 1 is 1.33 bits per heavy atom. The van der Waals surface area contributed by atoms with E-state index in [2.05, 4.69) is 32.7 Å². The number of nitrogens with zero attached hydrogens (tertiary/aromatic N) is 1. The van der Waals surface area contributed by atoms with Crippen LogP contribution in [0.4, 0.5) is 0 Å². The van der Waals surface area contributed by atoms with E-state index < -0.39 is 5.97 Å². The quantitative estimate of drug-likeness (QED) is 0.706. The van der Waals surface area contributed by atoms with Gasteiger partial charge in [0, 0.05) is 19.2 Å². The van der Waals surface area contributed by atoms with E-state index in [0.717, 1.165) is 25.2 Å². The van der Waals surface area contributed by atoms with Crippen molar-refractivity contribution in [2.24, 2.45) is 0 Å². The maximum absolute atomic E-state index is 9.00. The number of carboxylic acid groups (broad SMARTS) is 1. The van der Waals surface area contributed by atoms with Crippen molar-refractivity contribution in [3.05, 3.63) is 18.3 Å². The minimum atomic E-state index is -0.833. The number of aromatic nitrogens is 1. The molecule has 1 aromatic rings. The van der Waals surface area contributed by atoms with Crippen molar-refractivity contribution < 1.29 is 76.8 Å². The fourth-order valence-electron chi connectivity index (χ4n) is 1.97. The van der Waals surface area contributed by atoms with Crippen LogP contribution in [0.15, 0.2) is 18.3 Å². The van der Waals surface area contributed by atoms with Crippen molar-refractivity contribution in [1.29, 1.82) is 0 Å². The molecule has 0 atom stereocenters. The maximum atomic E-state index is 9.00. The molecule has 128 valence electrons. The van der Waals surface area contributed by atoms with Gasteiger partial charge in [0.25, 0.3) is 5.97 Å². The Morgan fingerprint density at radius 3 is 2.29 bits per heavy atom. The van der Waals surface area contributed by atoms with E-state index in [0.29, 0.717) is 12.0 Å². The molecule has 0 spiro atoms. The summed E-state index contributed by atoms with van der Waals surface area (Å²) >= 11 is 0. The number of ether oxygens (including phenoxy) is 1. The summed E-state index contributed by atoms with van der Waals surface area (Å²) in [4.78, 5) is 13.2. The molecule has 2 heterocycles. The van der Waals surface area contributed by atoms with E-state index in [-0.39, 0.29) is 71.1 Å². The van der Waals surface area contributed by atoms with Gasteiger partial charge in [-0.2, -0.15) is 0 Å². The first-order chi connectivity index (χ1) is 10.6. The third-order valence-electron chi connectivity index (χ3n) is 4.10. The van der Waals surface area contributed by atoms with Gasteiger partial charge >= 0.3 is 58.5 Å². The van der Waals surface area contributed by atoms with Crippen LogP contribution >= 0.6 is 0 Å². The number of hydrogen-bond donors (Lipinski definition) is 1. The van der Waals surface area contributed by atoms with Crippen molar-refractivity contribution in [1.82, 2.24) is 4.98 Å². The Morgan fingerprint density at radius 2 is 1.83 bits per heavy atom. The van der Waals surface area contributed by atoms with Gasteiger partial charge in [-0.1, -0.05) is 0 Å². The molecular formula is C16H25BKNO5. The Labute approximate surface area is 187 Å². The number of rotatable bonds is 3. The van der Waals surface area contributed by atoms with E-state index in [1.807, 2.05) is 12.1 Å². The molecule has 2 aliphatic rings. The van der Waals surface area contributed by atoms with Crippen LogP contribution in [0.3, 0.4) is 0 Å². The molecule has 2 fully saturated rings. The molecule has 1 aliphatic carbocycles. The van der Waals surface area contributed by atoms with Crippen LogP contribution in [0.25, 0.3) is 0 Å². The van der Waals surface area contributed by atoms with Gasteiger partial charge in [0.05, 0.1) is 11.2 Å². The predicted molar refractivity (Wildman–Crippen MR) is 88.0 cm³/mol. The predicted octanol–water partition coefficient (Wildman–Crippen LogP) is -0.871. The standard InChI is InChI=1S/C14H20BNO3.C2H4O2.K.H/c1-13(2)14(3,4)19-15(18-13)10-7-8-16-12(9-10)17-11-5-6-11;1-2(3)4;;/h7-9,11H,5-6H2,1-4H3;1H3,(H,3,4);;/q;;+1;-1. The normalized spacial score (nSPS) is 20.5. The number of hydrogen-bond acceptors (Lipinski definition) is 5. The van der Waals surface area contributed by atoms with Crippen LogP contribution in [0.1, 0.15) is 48.9 Å². The summed E-state index contributed by atoms with van der Waals surface area (Å²) in [7, 11) is -0.352. The first kappa shape index (κ1) is 22.1. The van der Waals surface area contributed by atoms with E-state index in [9.17, 15) is 0 Å². The Bertz CT molecular complexity index is 563. The topological polar surface area (TPSA) is 77.9 Å². The summed E-state index contributed by atoms with van der Waals surface area (Å²) in [5, 5.41) is 7.42. The SMILES string of the molecule is CC(=O)O.CC1(C)OB(c2ccnc(OC3CC3)c2)OC1(C)C.[H-].[K+]. The number of aliphatic carboxylic acids is 1. The monoisotopic (exact) mass is 361 g/mol. The molecule has 8 heteroatoms. The van der Waals surface area contributed by atoms with Gasteiger partial charge in [0.15, 0.2) is 0 Å². The van der Waals surface area contributed by atoms with Crippen molar-refractivity contribution in [2.45, 2.75) is 64.8 Å². The summed E-state index contributed by atoms with van der Waals surface area (Å²) in [6, 6.07) is 3.84. The van der Waals surface area contributed by atoms with Crippen LogP contribution in [-0.4, -0.2) is 40.5 Å². The fraction of sp³-hybridized carbons (Fsp3) is 0.625. The summed E-state index contributed by atoms with van der Waals surface area (Å²) in [5.74, 6) is -0.172. The van der Waals surface area contributed by atoms with Gasteiger partial charge < -0.3 is 20.6 Å². The van der Waals surface area contributed by atoms with E-state index in [4.69, 9.17) is 23.9 Å². The van der Waals surface area contributed by atoms with Crippen LogP contribution < -0.4 is 61.6 Å². The van der Waals surface area contributed by atoms with Gasteiger partial charge in [0.1, 0.15) is 6.10 Å². The van der Waals surface area contributed by atoms with Crippen LogP contribution in [0.2, 0.25) is 0 Å². The second-order valence-electron chi connectivity index (χ2n) is 6.85. The third kappa shape index (κ3) is 6.09. The fourth-order valence-corrected chi connectivity index (χ4v) is 1.97. The molecule has 1 saturated carbocycles. The van der Waals surface area contributed by atoms with Crippen LogP contribution in [0, 0.1) is 0 Å². The summed E-state index contributed by atoms with van der Waals surface area (Å²) < 4.78 is 17.7. The summed E-state index contributed by atoms with van der Waals surface area (Å²) in [5.41, 5.74) is 0.320. The number of pyridine rings is 1. The first-order valence-electron chi connectivity index (χ1n) is 7.78. The molecule has 1 aliphatic heterocycles. The van der Waals surface area contributed by atoms with Gasteiger partial charge in [-0.05, 0) is 52.1 Å². The second-order valence-corrected chi connectivity index (χ2v) is 6.85. The summed E-state index contributed by atoms with van der Waals surface area (Å²) in [6.07, 6.45) is 4.35. The van der Waals surface area contributed by atoms with Crippen molar-refractivity contribution in [3.63, 3.8) is 0 Å². The Hall–Kier alpha value is 0.0413. The van der Waals surface area contributed by atoms with Gasteiger partial charge in [0.2, 0.25) is 5.88 Å². The smallest absolute Gasteiger partial charge is 1.00 e. The molecule has 0 radical (unpaired) electrons. The molecule has 1 aromatic heterocycles. The van der Waals surface area contributed by atoms with Gasteiger partial charge in [-0.25, -0.2) is 4.98 Å². The van der Waals surface area contributed by atoms with Crippen LogP contribution in [0.5, 0.6) is 5.88 Å². The molecule has 3 rings (SSSR count). The molecule has 0 amide bonds. The van der Waals surface area contributed by atoms with Crippen molar-refractivity contribution in [3.8, 4) is 5.88 Å². The first-order valence-corrected chi connectivity index (χ1v) is 7.78. The van der Waals surface area contributed by atoms with E-state index >= 15 is 0 Å². The number of carbonyl (C=O) groups is 1. The second kappa shape index (κ2) is 8.62. The average molecular weight is 361 g/mol. The minimum absolute atomic E-state index is 0. The molecule has 6 nitrogen and oxygen atoms in total.